The topological polar surface area (TPSA) is 132 Å². The minimum Gasteiger partial charge on any atom is -0.742 e. The number of amides is 1. The molecule has 0 aliphatic rings. The lowest BCUT2D eigenvalue weighted by atomic mass is 10.2. The highest BCUT2D eigenvalue weighted by Crippen LogP contribution is 2.51. The number of rotatable bonds is 6. The molecule has 154 valence electrons. The van der Waals surface area contributed by atoms with Crippen LogP contribution in [0.25, 0.3) is 0 Å². The van der Waals surface area contributed by atoms with E-state index in [2.05, 4.69) is 0 Å². The molecule has 0 bridgehead atoms. The van der Waals surface area contributed by atoms with Crippen molar-refractivity contribution in [2.24, 2.45) is 0 Å². The molecular weight excluding hydrogens is 551 g/mol. The van der Waals surface area contributed by atoms with E-state index in [-0.39, 0.29) is 3.57 Å². The lowest BCUT2D eigenvalue weighted by molar-refractivity contribution is -0.246. The van der Waals surface area contributed by atoms with Crippen molar-refractivity contribution in [3.8, 4) is 0 Å². The third-order valence-electron chi connectivity index (χ3n) is 2.87. The Kier molecular flexibility index (Phi) is 6.19. The van der Waals surface area contributed by atoms with E-state index in [9.17, 15) is 53.2 Å². The second kappa shape index (κ2) is 7.01. The molecular formula is C10H5F6INO7S2-. The van der Waals surface area contributed by atoms with E-state index in [4.69, 9.17) is 4.55 Å². The number of hydrogen-bond acceptors (Lipinski definition) is 6. The molecule has 0 saturated heterocycles. The fourth-order valence-electron chi connectivity index (χ4n) is 1.44. The quantitative estimate of drug-likeness (QED) is 0.246. The fourth-order valence-corrected chi connectivity index (χ4v) is 3.55. The first-order valence-electron chi connectivity index (χ1n) is 5.95. The van der Waals surface area contributed by atoms with E-state index in [1.54, 1.807) is 0 Å². The third kappa shape index (κ3) is 3.61. The van der Waals surface area contributed by atoms with Crippen LogP contribution in [0.3, 0.4) is 0 Å². The highest BCUT2D eigenvalue weighted by atomic mass is 127. The summed E-state index contributed by atoms with van der Waals surface area (Å²) >= 11 is 1.35. The molecule has 0 heterocycles. The Morgan fingerprint density at radius 3 is 1.85 bits per heavy atom. The molecule has 0 aliphatic carbocycles. The summed E-state index contributed by atoms with van der Waals surface area (Å²) in [6, 6.07) is 4.13. The molecule has 8 nitrogen and oxygen atoms in total. The molecule has 0 aromatic heterocycles. The van der Waals surface area contributed by atoms with Gasteiger partial charge in [-0.05, 0) is 34.7 Å². The maximum atomic E-state index is 13.6. The minimum absolute atomic E-state index is 0.186. The first kappa shape index (κ1) is 23.9. The number of carbonyl (C=O) groups is 1. The van der Waals surface area contributed by atoms with Gasteiger partial charge in [-0.25, -0.2) is 8.42 Å². The minimum atomic E-state index is -7.42. The molecule has 1 amide bonds. The molecule has 0 unspecified atom stereocenters. The van der Waals surface area contributed by atoms with Gasteiger partial charge in [-0.1, -0.05) is 12.1 Å². The Morgan fingerprint density at radius 1 is 1.00 bits per heavy atom. The number of hydroxylamine groups is 1. The standard InChI is InChI=1S/C10H5F6INO7S2/c11-8(12,10(15,16)27(23,24)25)9(13,14)26(21,22)18(20)7(19)5-3-1-2-4-6(5)17/h1-4H,(H,23,24,25)/q-1. The molecule has 1 rings (SSSR count). The van der Waals surface area contributed by atoms with Gasteiger partial charge in [0.2, 0.25) is 0 Å². The maximum Gasteiger partial charge on any atom is 0.439 e. The van der Waals surface area contributed by atoms with Crippen LogP contribution in [-0.2, 0) is 20.1 Å². The maximum absolute atomic E-state index is 13.6. The van der Waals surface area contributed by atoms with Crippen LogP contribution in [0.15, 0.2) is 24.3 Å². The summed E-state index contributed by atoms with van der Waals surface area (Å²) in [6.07, 6.45) is 0. The molecule has 0 atom stereocenters. The lowest BCUT2D eigenvalue weighted by Gasteiger charge is -2.36. The van der Waals surface area contributed by atoms with Crippen molar-refractivity contribution in [2.45, 2.75) is 16.4 Å². The molecule has 1 aromatic carbocycles. The van der Waals surface area contributed by atoms with Gasteiger partial charge in [-0.3, -0.25) is 9.35 Å². The Bertz CT molecular complexity index is 966. The monoisotopic (exact) mass is 556 g/mol. The predicted molar refractivity (Wildman–Crippen MR) is 84.0 cm³/mol. The largest absolute Gasteiger partial charge is 0.742 e. The van der Waals surface area contributed by atoms with Crippen molar-refractivity contribution < 1.29 is 52.5 Å². The van der Waals surface area contributed by atoms with E-state index in [1.165, 1.54) is 28.7 Å². The van der Waals surface area contributed by atoms with Crippen LogP contribution < -0.4 is 0 Å². The summed E-state index contributed by atoms with van der Waals surface area (Å²) in [6.45, 7) is 0. The molecule has 0 saturated carbocycles. The number of alkyl halides is 6. The van der Waals surface area contributed by atoms with Crippen LogP contribution >= 0.6 is 22.6 Å². The van der Waals surface area contributed by atoms with Gasteiger partial charge >= 0.3 is 36.6 Å². The summed E-state index contributed by atoms with van der Waals surface area (Å²) in [5.41, 5.74) is -0.850. The zero-order chi connectivity index (χ0) is 21.6. The third-order valence-corrected chi connectivity index (χ3v) is 6.22. The first-order chi connectivity index (χ1) is 11.8. The van der Waals surface area contributed by atoms with Crippen LogP contribution in [0.1, 0.15) is 10.4 Å². The second-order valence-corrected chi connectivity index (χ2v) is 9.02. The van der Waals surface area contributed by atoms with Crippen molar-refractivity contribution in [1.82, 2.24) is 4.47 Å². The van der Waals surface area contributed by atoms with Gasteiger partial charge < -0.3 is 9.68 Å². The Labute approximate surface area is 160 Å². The van der Waals surface area contributed by atoms with Gasteiger partial charge in [0, 0.05) is 3.57 Å². The molecule has 27 heavy (non-hydrogen) atoms. The van der Waals surface area contributed by atoms with Crippen molar-refractivity contribution >= 4 is 48.6 Å². The van der Waals surface area contributed by atoms with Crippen LogP contribution in [0, 0.1) is 8.78 Å². The van der Waals surface area contributed by atoms with Crippen LogP contribution in [-0.4, -0.2) is 48.2 Å². The Hall–Kier alpha value is -1.18. The first-order valence-corrected chi connectivity index (χ1v) is 9.91. The summed E-state index contributed by atoms with van der Waals surface area (Å²) in [5.74, 6) is -9.65. The normalized spacial score (nSPS) is 14.1. The second-order valence-electron chi connectivity index (χ2n) is 4.60. The van der Waals surface area contributed by atoms with E-state index in [0.29, 0.717) is 0 Å². The van der Waals surface area contributed by atoms with Gasteiger partial charge in [-0.15, -0.1) is 0 Å². The SMILES string of the molecule is O=C(c1ccccc1I)N([O-])S(=O)(=O)C(F)(F)C(F)(F)C(F)(F)S(=O)(=O)O. The summed E-state index contributed by atoms with van der Waals surface area (Å²) < 4.78 is 129. The van der Waals surface area contributed by atoms with E-state index >= 15 is 0 Å². The highest BCUT2D eigenvalue weighted by molar-refractivity contribution is 14.1. The fraction of sp³-hybridized carbons (Fsp3) is 0.300. The van der Waals surface area contributed by atoms with Crippen molar-refractivity contribution in [3.63, 3.8) is 0 Å². The van der Waals surface area contributed by atoms with Gasteiger partial charge in [0.1, 0.15) is 0 Å². The van der Waals surface area contributed by atoms with Gasteiger partial charge in [0.05, 0.1) is 5.56 Å². The van der Waals surface area contributed by atoms with Crippen molar-refractivity contribution in [2.75, 3.05) is 0 Å². The number of sulfonamides is 1. The number of hydrogen-bond donors (Lipinski definition) is 1. The lowest BCUT2D eigenvalue weighted by Crippen LogP contribution is -2.63. The van der Waals surface area contributed by atoms with Gasteiger partial charge in [0.15, 0.2) is 0 Å². The Morgan fingerprint density at radius 2 is 1.44 bits per heavy atom. The van der Waals surface area contributed by atoms with Crippen molar-refractivity contribution in [1.29, 1.82) is 0 Å². The summed E-state index contributed by atoms with van der Waals surface area (Å²) in [5, 5.41) is -2.62. The van der Waals surface area contributed by atoms with Crippen LogP contribution in [0.4, 0.5) is 26.3 Å². The predicted octanol–water partition coefficient (Wildman–Crippen LogP) is 2.27. The van der Waals surface area contributed by atoms with Crippen LogP contribution in [0.2, 0.25) is 0 Å². The summed E-state index contributed by atoms with van der Waals surface area (Å²) in [4.78, 5) is 11.7. The zero-order valence-electron chi connectivity index (χ0n) is 12.1. The average Bonchev–Trinajstić information content (AvgIpc) is 2.52. The van der Waals surface area contributed by atoms with Gasteiger partial charge in [0.25, 0.3) is 5.91 Å². The molecule has 17 heteroatoms. The number of benzene rings is 1. The zero-order valence-corrected chi connectivity index (χ0v) is 15.9. The summed E-state index contributed by atoms with van der Waals surface area (Å²) in [7, 11) is -14.7. The van der Waals surface area contributed by atoms with E-state index in [0.717, 1.165) is 18.2 Å². The average molecular weight is 556 g/mol. The molecule has 1 aromatic rings. The van der Waals surface area contributed by atoms with Crippen molar-refractivity contribution in [3.05, 3.63) is 38.6 Å². The number of halogens is 7. The van der Waals surface area contributed by atoms with Gasteiger partial charge in [-0.2, -0.15) is 34.8 Å². The Balaban J connectivity index is 3.52. The highest BCUT2D eigenvalue weighted by Gasteiger charge is 2.82. The smallest absolute Gasteiger partial charge is 0.439 e. The molecule has 0 fully saturated rings. The van der Waals surface area contributed by atoms with Crippen LogP contribution in [0.5, 0.6) is 0 Å². The molecule has 0 aliphatic heterocycles. The van der Waals surface area contributed by atoms with E-state index < -0.39 is 52.5 Å². The molecule has 1 N–H and O–H groups in total. The molecule has 0 spiro atoms. The number of nitrogens with zero attached hydrogens (tertiary/aromatic N) is 1. The molecule has 0 radical (unpaired) electrons. The van der Waals surface area contributed by atoms with E-state index in [1.807, 2.05) is 0 Å². The number of carbonyl (C=O) groups excluding carboxylic acids is 1.